The van der Waals surface area contributed by atoms with Crippen LogP contribution in [0, 0.1) is 17.8 Å². The minimum Gasteiger partial charge on any atom is -0.464 e. The molecule has 0 bridgehead atoms. The van der Waals surface area contributed by atoms with Crippen LogP contribution in [0.1, 0.15) is 46.9 Å². The summed E-state index contributed by atoms with van der Waals surface area (Å²) in [6.07, 6.45) is -0.488. The third-order valence-corrected chi connectivity index (χ3v) is 6.25. The number of rotatable bonds is 8. The van der Waals surface area contributed by atoms with Crippen molar-refractivity contribution in [3.8, 4) is 0 Å². The van der Waals surface area contributed by atoms with Crippen LogP contribution in [0.4, 0.5) is 5.82 Å². The smallest absolute Gasteiger partial charge is 0.350 e. The van der Waals surface area contributed by atoms with E-state index in [9.17, 15) is 19.2 Å². The monoisotopic (exact) mass is 469 g/mol. The Bertz CT molecular complexity index is 900. The average molecular weight is 470 g/mol. The summed E-state index contributed by atoms with van der Waals surface area (Å²) in [4.78, 5) is 53.2. The van der Waals surface area contributed by atoms with E-state index >= 15 is 0 Å². The molecule has 0 radical (unpaired) electrons. The van der Waals surface area contributed by atoms with E-state index < -0.39 is 58.3 Å². The first-order valence-electron chi connectivity index (χ1n) is 10.5. The maximum atomic E-state index is 12.5. The first kappa shape index (κ1) is 25.7. The normalized spacial score (nSPS) is 22.9. The second-order valence-corrected chi connectivity index (χ2v) is 9.87. The van der Waals surface area contributed by atoms with Crippen LogP contribution in [-0.4, -0.2) is 51.5 Å². The lowest BCUT2D eigenvalue weighted by Crippen LogP contribution is -2.43. The molecular formula is C21H31N3O7S. The van der Waals surface area contributed by atoms with Gasteiger partial charge >= 0.3 is 23.6 Å². The van der Waals surface area contributed by atoms with Gasteiger partial charge in [0.25, 0.3) is 0 Å². The molecule has 32 heavy (non-hydrogen) atoms. The Morgan fingerprint density at radius 1 is 1.00 bits per heavy atom. The van der Waals surface area contributed by atoms with Gasteiger partial charge < -0.3 is 19.9 Å². The fraction of sp³-hybridized carbons (Fsp3) is 0.667. The van der Waals surface area contributed by atoms with Crippen LogP contribution in [0.15, 0.2) is 17.1 Å². The van der Waals surface area contributed by atoms with E-state index in [0.29, 0.717) is 0 Å². The van der Waals surface area contributed by atoms with Crippen molar-refractivity contribution in [3.63, 3.8) is 0 Å². The Labute approximate surface area is 191 Å². The van der Waals surface area contributed by atoms with Gasteiger partial charge in [0.15, 0.2) is 12.2 Å². The van der Waals surface area contributed by atoms with Crippen LogP contribution in [0.2, 0.25) is 0 Å². The molecule has 0 spiro atoms. The quantitative estimate of drug-likeness (QED) is 0.442. The Morgan fingerprint density at radius 2 is 1.53 bits per heavy atom. The van der Waals surface area contributed by atoms with Gasteiger partial charge in [-0.05, 0) is 6.07 Å². The van der Waals surface area contributed by atoms with Crippen molar-refractivity contribution in [2.45, 2.75) is 64.4 Å². The molecule has 10 nitrogen and oxygen atoms in total. The van der Waals surface area contributed by atoms with Gasteiger partial charge in [-0.15, -0.1) is 11.8 Å². The molecule has 1 aliphatic heterocycles. The van der Waals surface area contributed by atoms with Crippen molar-refractivity contribution in [2.75, 3.05) is 12.3 Å². The van der Waals surface area contributed by atoms with E-state index in [1.165, 1.54) is 28.6 Å². The summed E-state index contributed by atoms with van der Waals surface area (Å²) in [6.45, 7) is 10.0. The molecule has 2 N–H and O–H groups in total. The molecule has 1 saturated heterocycles. The molecule has 2 rings (SSSR count). The highest BCUT2D eigenvalue weighted by molar-refractivity contribution is 8.00. The van der Waals surface area contributed by atoms with Gasteiger partial charge in [0.1, 0.15) is 17.8 Å². The highest BCUT2D eigenvalue weighted by atomic mass is 32.2. The summed E-state index contributed by atoms with van der Waals surface area (Å²) in [5.41, 5.74) is 4.96. The summed E-state index contributed by atoms with van der Waals surface area (Å²) in [6, 6.07) is 1.45. The molecule has 178 valence electrons. The van der Waals surface area contributed by atoms with Gasteiger partial charge in [-0.3, -0.25) is 19.0 Å². The van der Waals surface area contributed by atoms with Crippen molar-refractivity contribution in [3.05, 3.63) is 22.7 Å². The molecule has 1 fully saturated rings. The predicted molar refractivity (Wildman–Crippen MR) is 119 cm³/mol. The number of nitrogens with zero attached hydrogens (tertiary/aromatic N) is 2. The summed E-state index contributed by atoms with van der Waals surface area (Å²) < 4.78 is 18.1. The molecule has 0 aliphatic carbocycles. The van der Waals surface area contributed by atoms with Crippen LogP contribution in [0.5, 0.6) is 0 Å². The fourth-order valence-electron chi connectivity index (χ4n) is 2.82. The third-order valence-electron chi connectivity index (χ3n) is 4.72. The van der Waals surface area contributed by atoms with E-state index in [-0.39, 0.29) is 18.3 Å². The Morgan fingerprint density at radius 3 is 2.03 bits per heavy atom. The molecule has 0 aromatic carbocycles. The lowest BCUT2D eigenvalue weighted by molar-refractivity contribution is -0.173. The molecule has 2 heterocycles. The lowest BCUT2D eigenvalue weighted by Gasteiger charge is -2.27. The second-order valence-electron chi connectivity index (χ2n) is 8.50. The number of hydrogen-bond acceptors (Lipinski definition) is 10. The van der Waals surface area contributed by atoms with Crippen LogP contribution < -0.4 is 11.4 Å². The van der Waals surface area contributed by atoms with Gasteiger partial charge in [-0.1, -0.05) is 41.5 Å². The topological polar surface area (TPSA) is 140 Å². The number of nitrogen functional groups attached to an aromatic ring is 1. The van der Waals surface area contributed by atoms with Gasteiger partial charge in [0.05, 0.1) is 23.0 Å². The molecule has 1 aromatic rings. The lowest BCUT2D eigenvalue weighted by atomic mass is 10.1. The number of carbonyl (C=O) groups excluding carboxylic acids is 3. The zero-order chi connectivity index (χ0) is 24.2. The third kappa shape index (κ3) is 6.24. The maximum Gasteiger partial charge on any atom is 0.350 e. The van der Waals surface area contributed by atoms with Crippen LogP contribution >= 0.6 is 11.8 Å². The van der Waals surface area contributed by atoms with E-state index in [4.69, 9.17) is 19.9 Å². The summed E-state index contributed by atoms with van der Waals surface area (Å²) in [5.74, 6) is -2.58. The van der Waals surface area contributed by atoms with Crippen LogP contribution in [0.25, 0.3) is 0 Å². The molecule has 4 atom stereocenters. The number of esters is 3. The minimum atomic E-state index is -0.997. The molecule has 0 amide bonds. The van der Waals surface area contributed by atoms with Gasteiger partial charge in [-0.25, -0.2) is 4.79 Å². The number of nitrogens with two attached hydrogens (primary N) is 1. The Balaban J connectivity index is 2.45. The molecule has 11 heteroatoms. The van der Waals surface area contributed by atoms with E-state index in [1.54, 1.807) is 41.5 Å². The molecular weight excluding hydrogens is 438 g/mol. The second kappa shape index (κ2) is 10.8. The molecule has 1 aromatic heterocycles. The summed E-state index contributed by atoms with van der Waals surface area (Å²) in [5, 5.41) is -1.33. The number of ether oxygens (including phenoxy) is 3. The van der Waals surface area contributed by atoms with Crippen molar-refractivity contribution < 1.29 is 28.6 Å². The van der Waals surface area contributed by atoms with Crippen molar-refractivity contribution in [1.29, 1.82) is 0 Å². The Kier molecular flexibility index (Phi) is 8.71. The van der Waals surface area contributed by atoms with Gasteiger partial charge in [-0.2, -0.15) is 4.98 Å². The zero-order valence-electron chi connectivity index (χ0n) is 19.1. The maximum absolute atomic E-state index is 12.5. The highest BCUT2D eigenvalue weighted by Gasteiger charge is 2.51. The number of thioether (sulfide) groups is 1. The first-order chi connectivity index (χ1) is 14.9. The number of aromatic nitrogens is 2. The van der Waals surface area contributed by atoms with E-state index in [1.807, 2.05) is 0 Å². The van der Waals surface area contributed by atoms with Crippen molar-refractivity contribution >= 4 is 35.5 Å². The SMILES string of the molecule is CC(C)C(=O)OC[C@H]1S[C@@H](n2ccc(N)nc2=O)C(OC(=O)C(C)C)C1OC(=O)C(C)C. The van der Waals surface area contributed by atoms with E-state index in [2.05, 4.69) is 4.98 Å². The number of anilines is 1. The highest BCUT2D eigenvalue weighted by Crippen LogP contribution is 2.45. The minimum absolute atomic E-state index is 0.0511. The predicted octanol–water partition coefficient (Wildman–Crippen LogP) is 1.77. The Hall–Kier alpha value is -2.56. The molecule has 2 unspecified atom stereocenters. The van der Waals surface area contributed by atoms with Crippen LogP contribution in [-0.2, 0) is 28.6 Å². The molecule has 0 saturated carbocycles. The van der Waals surface area contributed by atoms with Crippen molar-refractivity contribution in [1.82, 2.24) is 9.55 Å². The first-order valence-corrected chi connectivity index (χ1v) is 11.4. The number of hydrogen-bond donors (Lipinski definition) is 1. The van der Waals surface area contributed by atoms with Crippen LogP contribution in [0.3, 0.4) is 0 Å². The van der Waals surface area contributed by atoms with E-state index in [0.717, 1.165) is 0 Å². The number of carbonyl (C=O) groups is 3. The largest absolute Gasteiger partial charge is 0.464 e. The summed E-state index contributed by atoms with van der Waals surface area (Å²) >= 11 is 1.21. The molecule has 1 aliphatic rings. The fourth-order valence-corrected chi connectivity index (χ4v) is 4.35. The standard InChI is InChI=1S/C21H31N3O7S/c1-10(2)18(25)29-9-13-15(30-19(26)11(3)4)16(31-20(27)12(5)6)17(32-13)24-8-7-14(22)23-21(24)28/h7-8,10-13,15-17H,9H2,1-6H3,(H2,22,23,28)/t13-,15?,16?,17-/m1/s1. The van der Waals surface area contributed by atoms with Gasteiger partial charge in [0.2, 0.25) is 0 Å². The van der Waals surface area contributed by atoms with Gasteiger partial charge in [0, 0.05) is 6.20 Å². The average Bonchev–Trinajstić information content (AvgIpc) is 3.02. The zero-order valence-corrected chi connectivity index (χ0v) is 20.0. The summed E-state index contributed by atoms with van der Waals surface area (Å²) in [7, 11) is 0. The van der Waals surface area contributed by atoms with Crippen molar-refractivity contribution in [2.24, 2.45) is 17.8 Å².